The Bertz CT molecular complexity index is 927. The first-order chi connectivity index (χ1) is 13.1. The first kappa shape index (κ1) is 19.7. The van der Waals surface area contributed by atoms with E-state index in [1.165, 1.54) is 17.0 Å². The van der Waals surface area contributed by atoms with Crippen LogP contribution in [0.3, 0.4) is 0 Å². The van der Waals surface area contributed by atoms with Crippen LogP contribution in [0.25, 0.3) is 0 Å². The average Bonchev–Trinajstić information content (AvgIpc) is 3.28. The fourth-order valence-corrected chi connectivity index (χ4v) is 7.56. The Morgan fingerprint density at radius 1 is 1.29 bits per heavy atom. The third-order valence-electron chi connectivity index (χ3n) is 4.93. The van der Waals surface area contributed by atoms with Gasteiger partial charge in [-0.25, -0.2) is 8.42 Å². The second-order valence-electron chi connectivity index (χ2n) is 6.95. The number of amides is 1. The summed E-state index contributed by atoms with van der Waals surface area (Å²) in [6.07, 6.45) is -3.89. The highest BCUT2D eigenvalue weighted by atomic mass is 32.2. The minimum atomic E-state index is -4.53. The lowest BCUT2D eigenvalue weighted by Crippen LogP contribution is -2.38. The number of sulfone groups is 1. The Hall–Kier alpha value is -1.59. The van der Waals surface area contributed by atoms with Crippen molar-refractivity contribution in [2.24, 2.45) is 4.99 Å². The maximum Gasteiger partial charge on any atom is 0.416 e. The number of fused-ring (bicyclic) bond motifs is 1. The Kier molecular flexibility index (Phi) is 4.95. The summed E-state index contributed by atoms with van der Waals surface area (Å²) in [5.74, 6) is -0.765. The number of amidine groups is 1. The molecule has 3 atom stereocenters. The van der Waals surface area contributed by atoms with Gasteiger partial charge in [-0.1, -0.05) is 17.8 Å². The molecular weight excluding hydrogens is 417 g/mol. The molecule has 3 heterocycles. The van der Waals surface area contributed by atoms with Crippen molar-refractivity contribution in [2.45, 2.75) is 36.4 Å². The van der Waals surface area contributed by atoms with Crippen LogP contribution in [0, 0.1) is 0 Å². The first-order valence-corrected chi connectivity index (χ1v) is 11.4. The number of aliphatic imine (C=N–C) groups is 1. The molecular formula is C17H17F3N2O4S2. The molecule has 3 fully saturated rings. The van der Waals surface area contributed by atoms with Gasteiger partial charge in [-0.3, -0.25) is 4.79 Å². The van der Waals surface area contributed by atoms with Crippen molar-refractivity contribution in [2.75, 3.05) is 23.0 Å². The van der Waals surface area contributed by atoms with Gasteiger partial charge in [0.15, 0.2) is 15.0 Å². The van der Waals surface area contributed by atoms with Gasteiger partial charge in [-0.05, 0) is 31.0 Å². The molecule has 1 aromatic rings. The molecule has 0 bridgehead atoms. The summed E-state index contributed by atoms with van der Waals surface area (Å²) >= 11 is 1.13. The smallest absolute Gasteiger partial charge is 0.368 e. The van der Waals surface area contributed by atoms with Crippen molar-refractivity contribution >= 4 is 38.4 Å². The minimum Gasteiger partial charge on any atom is -0.368 e. The monoisotopic (exact) mass is 434 g/mol. The molecule has 0 radical (unpaired) electrons. The number of anilines is 1. The van der Waals surface area contributed by atoms with Crippen molar-refractivity contribution in [3.05, 3.63) is 29.8 Å². The molecule has 4 rings (SSSR count). The topological polar surface area (TPSA) is 76.0 Å². The van der Waals surface area contributed by atoms with Crippen LogP contribution >= 0.6 is 11.8 Å². The molecule has 0 N–H and O–H groups in total. The lowest BCUT2D eigenvalue weighted by molar-refractivity contribution is -0.137. The van der Waals surface area contributed by atoms with Crippen LogP contribution in [-0.4, -0.2) is 55.0 Å². The summed E-state index contributed by atoms with van der Waals surface area (Å²) in [5, 5.41) is -0.152. The van der Waals surface area contributed by atoms with E-state index < -0.39 is 39.6 Å². The predicted octanol–water partition coefficient (Wildman–Crippen LogP) is 2.49. The third kappa shape index (κ3) is 3.79. The van der Waals surface area contributed by atoms with E-state index in [1.807, 2.05) is 0 Å². The molecule has 0 spiro atoms. The SMILES string of the molecule is O=C(N=C1SC2CS(=O)(=O)CC2N1c1cccc(C(F)(F)F)c1)C1CCCO1. The van der Waals surface area contributed by atoms with Crippen LogP contribution in [0.15, 0.2) is 29.3 Å². The number of alkyl halides is 3. The van der Waals surface area contributed by atoms with E-state index in [9.17, 15) is 26.4 Å². The molecule has 1 amide bonds. The van der Waals surface area contributed by atoms with Crippen LogP contribution in [0.2, 0.25) is 0 Å². The van der Waals surface area contributed by atoms with Gasteiger partial charge >= 0.3 is 6.18 Å². The molecule has 3 unspecified atom stereocenters. The number of hydrogen-bond donors (Lipinski definition) is 0. The molecule has 28 heavy (non-hydrogen) atoms. The Labute approximate surface area is 164 Å². The summed E-state index contributed by atoms with van der Waals surface area (Å²) in [6, 6.07) is 4.08. The Balaban J connectivity index is 1.72. The van der Waals surface area contributed by atoms with E-state index in [0.29, 0.717) is 13.0 Å². The fourth-order valence-electron chi connectivity index (χ4n) is 3.64. The summed E-state index contributed by atoms with van der Waals surface area (Å²) in [6.45, 7) is 0.467. The van der Waals surface area contributed by atoms with Gasteiger partial charge in [-0.2, -0.15) is 18.2 Å². The van der Waals surface area contributed by atoms with E-state index in [1.54, 1.807) is 0 Å². The van der Waals surface area contributed by atoms with Gasteiger partial charge in [0.05, 0.1) is 23.1 Å². The zero-order chi connectivity index (χ0) is 20.1. The molecule has 0 saturated carbocycles. The van der Waals surface area contributed by atoms with Crippen molar-refractivity contribution in [3.63, 3.8) is 0 Å². The summed E-state index contributed by atoms with van der Waals surface area (Å²) < 4.78 is 68.8. The standard InChI is InChI=1S/C17H17F3N2O4S2/c18-17(19,20)10-3-1-4-11(7-10)22-12-8-28(24,25)9-14(12)27-16(22)21-15(23)13-5-2-6-26-13/h1,3-4,7,12-14H,2,5-6,8-9H2. The molecule has 11 heteroatoms. The predicted molar refractivity (Wildman–Crippen MR) is 99.2 cm³/mol. The van der Waals surface area contributed by atoms with E-state index in [4.69, 9.17) is 4.74 Å². The number of nitrogens with zero attached hydrogens (tertiary/aromatic N) is 2. The quantitative estimate of drug-likeness (QED) is 0.712. The van der Waals surface area contributed by atoms with E-state index >= 15 is 0 Å². The van der Waals surface area contributed by atoms with E-state index in [2.05, 4.69) is 4.99 Å². The average molecular weight is 434 g/mol. The Morgan fingerprint density at radius 3 is 2.75 bits per heavy atom. The summed E-state index contributed by atoms with van der Waals surface area (Å²) in [4.78, 5) is 18.0. The van der Waals surface area contributed by atoms with Crippen LogP contribution in [0.5, 0.6) is 0 Å². The van der Waals surface area contributed by atoms with Crippen molar-refractivity contribution < 1.29 is 31.1 Å². The molecule has 0 aliphatic carbocycles. The lowest BCUT2D eigenvalue weighted by Gasteiger charge is -2.25. The number of hydrogen-bond acceptors (Lipinski definition) is 5. The highest BCUT2D eigenvalue weighted by molar-refractivity contribution is 8.16. The van der Waals surface area contributed by atoms with Crippen molar-refractivity contribution in [3.8, 4) is 0 Å². The fraction of sp³-hybridized carbons (Fsp3) is 0.529. The van der Waals surface area contributed by atoms with Crippen LogP contribution in [0.1, 0.15) is 18.4 Å². The van der Waals surface area contributed by atoms with Gasteiger partial charge < -0.3 is 9.64 Å². The molecule has 1 aromatic carbocycles. The van der Waals surface area contributed by atoms with E-state index in [-0.39, 0.29) is 27.6 Å². The maximum atomic E-state index is 13.1. The van der Waals surface area contributed by atoms with E-state index in [0.717, 1.165) is 30.3 Å². The number of halogens is 3. The second kappa shape index (κ2) is 7.03. The molecule has 152 valence electrons. The zero-order valence-corrected chi connectivity index (χ0v) is 16.2. The largest absolute Gasteiger partial charge is 0.416 e. The number of carbonyl (C=O) groups is 1. The van der Waals surface area contributed by atoms with Gasteiger partial charge in [0.25, 0.3) is 5.91 Å². The second-order valence-corrected chi connectivity index (χ2v) is 10.3. The highest BCUT2D eigenvalue weighted by Crippen LogP contribution is 2.42. The molecule has 0 aromatic heterocycles. The highest BCUT2D eigenvalue weighted by Gasteiger charge is 2.50. The minimum absolute atomic E-state index is 0.0923. The number of benzene rings is 1. The molecule has 3 aliphatic heterocycles. The van der Waals surface area contributed by atoms with Gasteiger partial charge in [0.2, 0.25) is 0 Å². The van der Waals surface area contributed by atoms with Crippen molar-refractivity contribution in [1.82, 2.24) is 0 Å². The van der Waals surface area contributed by atoms with Gasteiger partial charge in [0.1, 0.15) is 6.10 Å². The van der Waals surface area contributed by atoms with Gasteiger partial charge in [0, 0.05) is 17.5 Å². The molecule has 3 aliphatic rings. The lowest BCUT2D eigenvalue weighted by atomic mass is 10.1. The number of carbonyl (C=O) groups excluding carboxylic acids is 1. The maximum absolute atomic E-state index is 13.1. The number of thioether (sulfide) groups is 1. The third-order valence-corrected chi connectivity index (χ3v) is 8.14. The number of rotatable bonds is 2. The van der Waals surface area contributed by atoms with Gasteiger partial charge in [-0.15, -0.1) is 0 Å². The summed E-state index contributed by atoms with van der Waals surface area (Å²) in [5.41, 5.74) is -0.671. The van der Waals surface area contributed by atoms with Crippen LogP contribution < -0.4 is 4.90 Å². The van der Waals surface area contributed by atoms with Crippen molar-refractivity contribution in [1.29, 1.82) is 0 Å². The van der Waals surface area contributed by atoms with Crippen LogP contribution in [-0.2, 0) is 25.5 Å². The molecule has 6 nitrogen and oxygen atoms in total. The summed E-state index contributed by atoms with van der Waals surface area (Å²) in [7, 11) is -3.30. The zero-order valence-electron chi connectivity index (χ0n) is 14.6. The Morgan fingerprint density at radius 2 is 2.07 bits per heavy atom. The normalized spacial score (nSPS) is 30.8. The first-order valence-electron chi connectivity index (χ1n) is 8.72. The molecule has 3 saturated heterocycles. The number of ether oxygens (including phenoxy) is 1. The van der Waals surface area contributed by atoms with Crippen LogP contribution in [0.4, 0.5) is 18.9 Å².